The molecule has 94 valence electrons. The molecule has 0 atom stereocenters. The number of nitriles is 1. The zero-order chi connectivity index (χ0) is 12.9. The molecule has 1 amide bonds. The van der Waals surface area contributed by atoms with E-state index in [1.54, 1.807) is 4.90 Å². The molecule has 5 nitrogen and oxygen atoms in total. The average molecular weight is 238 g/mol. The Hall–Kier alpha value is -1.54. The highest BCUT2D eigenvalue weighted by atomic mass is 16.6. The highest BCUT2D eigenvalue weighted by molar-refractivity contribution is 5.68. The molecule has 1 aliphatic heterocycles. The lowest BCUT2D eigenvalue weighted by Crippen LogP contribution is -2.38. The number of hydrogen-bond acceptors (Lipinski definition) is 4. The molecule has 0 radical (unpaired) electrons. The van der Waals surface area contributed by atoms with Crippen molar-refractivity contribution in [3.8, 4) is 6.07 Å². The minimum atomic E-state index is -0.511. The van der Waals surface area contributed by atoms with Gasteiger partial charge in [-0.15, -0.1) is 0 Å². The van der Waals surface area contributed by atoms with Crippen LogP contribution in [0.15, 0.2) is 11.6 Å². The van der Waals surface area contributed by atoms with Crippen molar-refractivity contribution in [1.29, 1.82) is 5.26 Å². The third-order valence-corrected chi connectivity index (χ3v) is 2.11. The van der Waals surface area contributed by atoms with Crippen molar-refractivity contribution in [1.82, 2.24) is 4.90 Å². The zero-order valence-electron chi connectivity index (χ0n) is 10.5. The van der Waals surface area contributed by atoms with E-state index in [0.717, 1.165) is 5.57 Å². The highest BCUT2D eigenvalue weighted by Crippen LogP contribution is 2.13. The number of amides is 1. The number of allylic oxidation sites excluding steroid dienone is 1. The van der Waals surface area contributed by atoms with Gasteiger partial charge in [-0.3, -0.25) is 0 Å². The van der Waals surface area contributed by atoms with Gasteiger partial charge in [-0.2, -0.15) is 5.26 Å². The molecule has 0 aromatic heterocycles. The Kier molecular flexibility index (Phi) is 4.53. The molecule has 0 aromatic rings. The lowest BCUT2D eigenvalue weighted by Gasteiger charge is -2.26. The Morgan fingerprint density at radius 3 is 2.88 bits per heavy atom. The monoisotopic (exact) mass is 238 g/mol. The molecular formula is C12H18N2O3. The highest BCUT2D eigenvalue weighted by Gasteiger charge is 2.24. The summed E-state index contributed by atoms with van der Waals surface area (Å²) in [6.07, 6.45) is 1.05. The molecular weight excluding hydrogens is 220 g/mol. The lowest BCUT2D eigenvalue weighted by atomic mass is 10.2. The molecule has 0 saturated carbocycles. The van der Waals surface area contributed by atoms with Gasteiger partial charge in [0.15, 0.2) is 0 Å². The standard InChI is InChI=1S/C12H18N2O3/c1-12(2,3)17-11(15)14-6-7-16-9-10(8-14)4-5-13/h4H,6-9H2,1-3H3. The first-order valence-electron chi connectivity index (χ1n) is 5.55. The summed E-state index contributed by atoms with van der Waals surface area (Å²) in [4.78, 5) is 13.4. The van der Waals surface area contributed by atoms with Gasteiger partial charge in [-0.1, -0.05) is 0 Å². The number of ether oxygens (including phenoxy) is 2. The van der Waals surface area contributed by atoms with Crippen LogP contribution < -0.4 is 0 Å². The molecule has 1 heterocycles. The van der Waals surface area contributed by atoms with Gasteiger partial charge >= 0.3 is 6.09 Å². The summed E-state index contributed by atoms with van der Waals surface area (Å²) in [5.41, 5.74) is 0.277. The summed E-state index contributed by atoms with van der Waals surface area (Å²) in [5.74, 6) is 0. The number of carbonyl (C=O) groups excluding carboxylic acids is 1. The van der Waals surface area contributed by atoms with Crippen LogP contribution in [0.3, 0.4) is 0 Å². The molecule has 17 heavy (non-hydrogen) atoms. The van der Waals surface area contributed by atoms with E-state index in [2.05, 4.69) is 0 Å². The second kappa shape index (κ2) is 5.69. The number of hydrogen-bond donors (Lipinski definition) is 0. The summed E-state index contributed by atoms with van der Waals surface area (Å²) in [6, 6.07) is 1.95. The molecule has 0 N–H and O–H groups in total. The minimum absolute atomic E-state index is 0.369. The zero-order valence-corrected chi connectivity index (χ0v) is 10.5. The van der Waals surface area contributed by atoms with Crippen LogP contribution in [0.25, 0.3) is 0 Å². The summed E-state index contributed by atoms with van der Waals surface area (Å²) in [7, 11) is 0. The predicted molar refractivity (Wildman–Crippen MR) is 62.3 cm³/mol. The smallest absolute Gasteiger partial charge is 0.410 e. The van der Waals surface area contributed by atoms with Gasteiger partial charge in [0, 0.05) is 19.2 Å². The SMILES string of the molecule is CC(C)(C)OC(=O)N1CCOCC(=CC#N)C1. The van der Waals surface area contributed by atoms with Crippen LogP contribution in [-0.2, 0) is 9.47 Å². The fourth-order valence-electron chi connectivity index (χ4n) is 1.41. The Balaban J connectivity index is 2.66. The fourth-order valence-corrected chi connectivity index (χ4v) is 1.41. The topological polar surface area (TPSA) is 62.6 Å². The van der Waals surface area contributed by atoms with E-state index in [4.69, 9.17) is 14.7 Å². The molecule has 0 bridgehead atoms. The summed E-state index contributed by atoms with van der Waals surface area (Å²) < 4.78 is 10.6. The number of rotatable bonds is 0. The second-order valence-corrected chi connectivity index (χ2v) is 4.89. The Bertz CT molecular complexity index is 350. The van der Waals surface area contributed by atoms with Gasteiger partial charge < -0.3 is 14.4 Å². The summed E-state index contributed by atoms with van der Waals surface area (Å²) >= 11 is 0. The van der Waals surface area contributed by atoms with Crippen molar-refractivity contribution in [2.75, 3.05) is 26.3 Å². The van der Waals surface area contributed by atoms with Crippen molar-refractivity contribution in [2.24, 2.45) is 0 Å². The van der Waals surface area contributed by atoms with Crippen LogP contribution in [0, 0.1) is 11.3 Å². The summed E-state index contributed by atoms with van der Waals surface area (Å²) in [6.45, 7) is 7.21. The molecule has 1 aliphatic rings. The van der Waals surface area contributed by atoms with E-state index in [1.165, 1.54) is 6.08 Å². The normalized spacial score (nSPS) is 19.6. The molecule has 0 spiro atoms. The van der Waals surface area contributed by atoms with Crippen LogP contribution in [0.2, 0.25) is 0 Å². The Morgan fingerprint density at radius 2 is 2.29 bits per heavy atom. The van der Waals surface area contributed by atoms with Crippen LogP contribution in [0.5, 0.6) is 0 Å². The average Bonchev–Trinajstić information content (AvgIpc) is 2.41. The van der Waals surface area contributed by atoms with Gasteiger partial charge in [-0.05, 0) is 26.3 Å². The van der Waals surface area contributed by atoms with Gasteiger partial charge in [-0.25, -0.2) is 4.79 Å². The number of carbonyl (C=O) groups is 1. The third-order valence-electron chi connectivity index (χ3n) is 2.11. The van der Waals surface area contributed by atoms with Crippen LogP contribution >= 0.6 is 0 Å². The maximum Gasteiger partial charge on any atom is 0.410 e. The molecule has 1 rings (SSSR count). The first-order valence-corrected chi connectivity index (χ1v) is 5.55. The first-order chi connectivity index (χ1) is 7.92. The molecule has 5 heteroatoms. The van der Waals surface area contributed by atoms with Crippen molar-refractivity contribution >= 4 is 6.09 Å². The van der Waals surface area contributed by atoms with Gasteiger partial charge in [0.05, 0.1) is 19.3 Å². The quantitative estimate of drug-likeness (QED) is 0.603. The summed E-state index contributed by atoms with van der Waals surface area (Å²) in [5, 5.41) is 8.61. The van der Waals surface area contributed by atoms with E-state index >= 15 is 0 Å². The van der Waals surface area contributed by atoms with E-state index in [0.29, 0.717) is 26.3 Å². The van der Waals surface area contributed by atoms with Crippen molar-refractivity contribution in [2.45, 2.75) is 26.4 Å². The van der Waals surface area contributed by atoms with Gasteiger partial charge in [0.1, 0.15) is 5.60 Å². The third kappa shape index (κ3) is 4.87. The van der Waals surface area contributed by atoms with Crippen LogP contribution in [-0.4, -0.2) is 42.9 Å². The van der Waals surface area contributed by atoms with E-state index in [1.807, 2.05) is 26.8 Å². The van der Waals surface area contributed by atoms with E-state index < -0.39 is 5.60 Å². The minimum Gasteiger partial charge on any atom is -0.444 e. The van der Waals surface area contributed by atoms with Crippen LogP contribution in [0.4, 0.5) is 4.79 Å². The maximum atomic E-state index is 11.9. The van der Waals surface area contributed by atoms with Crippen molar-refractivity contribution in [3.63, 3.8) is 0 Å². The molecule has 1 saturated heterocycles. The number of nitrogens with zero attached hydrogens (tertiary/aromatic N) is 2. The van der Waals surface area contributed by atoms with E-state index in [-0.39, 0.29) is 6.09 Å². The Morgan fingerprint density at radius 1 is 1.59 bits per heavy atom. The molecule has 0 aromatic carbocycles. The Labute approximate surface area is 102 Å². The van der Waals surface area contributed by atoms with Gasteiger partial charge in [0.2, 0.25) is 0 Å². The molecule has 1 fully saturated rings. The van der Waals surface area contributed by atoms with Gasteiger partial charge in [0.25, 0.3) is 0 Å². The second-order valence-electron chi connectivity index (χ2n) is 4.89. The van der Waals surface area contributed by atoms with E-state index in [9.17, 15) is 4.79 Å². The molecule has 0 unspecified atom stereocenters. The predicted octanol–water partition coefficient (Wildman–Crippen LogP) is 1.70. The molecule has 0 aliphatic carbocycles. The van der Waals surface area contributed by atoms with Crippen molar-refractivity contribution < 1.29 is 14.3 Å². The first kappa shape index (κ1) is 13.5. The van der Waals surface area contributed by atoms with Crippen molar-refractivity contribution in [3.05, 3.63) is 11.6 Å². The largest absolute Gasteiger partial charge is 0.444 e. The van der Waals surface area contributed by atoms with Crippen LogP contribution in [0.1, 0.15) is 20.8 Å². The maximum absolute atomic E-state index is 11.9. The fraction of sp³-hybridized carbons (Fsp3) is 0.667. The lowest BCUT2D eigenvalue weighted by molar-refractivity contribution is 0.0249.